The summed E-state index contributed by atoms with van der Waals surface area (Å²) in [5.41, 5.74) is 1.57. The molecule has 2 aromatic carbocycles. The third-order valence-corrected chi connectivity index (χ3v) is 5.35. The Bertz CT molecular complexity index is 607. The van der Waals surface area contributed by atoms with Crippen LogP contribution in [0.15, 0.2) is 59.5 Å². The van der Waals surface area contributed by atoms with Crippen molar-refractivity contribution in [2.45, 2.75) is 31.6 Å². The predicted octanol–water partition coefficient (Wildman–Crippen LogP) is 4.81. The average molecular weight is 314 g/mol. The van der Waals surface area contributed by atoms with Crippen molar-refractivity contribution < 1.29 is 9.90 Å². The Morgan fingerprint density at radius 1 is 1.09 bits per heavy atom. The van der Waals surface area contributed by atoms with Crippen LogP contribution in [0.25, 0.3) is 0 Å². The van der Waals surface area contributed by atoms with Gasteiger partial charge in [0, 0.05) is 10.6 Å². The van der Waals surface area contributed by atoms with Crippen LogP contribution in [0.3, 0.4) is 0 Å². The largest absolute Gasteiger partial charge is 0.481 e. The Kier molecular flexibility index (Phi) is 5.67. The smallest absolute Gasteiger partial charge is 0.310 e. The van der Waals surface area contributed by atoms with Gasteiger partial charge in [0.05, 0.1) is 5.41 Å². The van der Waals surface area contributed by atoms with Gasteiger partial charge in [0.1, 0.15) is 0 Å². The molecule has 0 saturated carbocycles. The van der Waals surface area contributed by atoms with E-state index in [1.54, 1.807) is 11.8 Å². The molecule has 0 heterocycles. The Hall–Kier alpha value is -1.74. The van der Waals surface area contributed by atoms with Crippen molar-refractivity contribution >= 4 is 17.7 Å². The van der Waals surface area contributed by atoms with E-state index in [1.165, 1.54) is 5.56 Å². The molecule has 22 heavy (non-hydrogen) atoms. The number of aryl methyl sites for hydroxylation is 1. The first-order valence-corrected chi connectivity index (χ1v) is 8.51. The van der Waals surface area contributed by atoms with Gasteiger partial charge in [-0.05, 0) is 37.5 Å². The van der Waals surface area contributed by atoms with Crippen LogP contribution in [-0.4, -0.2) is 16.8 Å². The van der Waals surface area contributed by atoms with Crippen LogP contribution in [0.4, 0.5) is 0 Å². The molecule has 1 unspecified atom stereocenters. The van der Waals surface area contributed by atoms with E-state index in [4.69, 9.17) is 0 Å². The number of carboxylic acid groups (broad SMARTS) is 1. The monoisotopic (exact) mass is 314 g/mol. The van der Waals surface area contributed by atoms with E-state index in [2.05, 4.69) is 31.2 Å². The SMILES string of the molecule is CCC(CSc1ccc(C)cc1)(Cc1ccccc1)C(=O)O. The average Bonchev–Trinajstić information content (AvgIpc) is 2.53. The number of carboxylic acids is 1. The third kappa shape index (κ3) is 4.14. The van der Waals surface area contributed by atoms with Crippen LogP contribution in [-0.2, 0) is 11.2 Å². The molecule has 0 radical (unpaired) electrons. The maximum Gasteiger partial charge on any atom is 0.310 e. The molecule has 1 N–H and O–H groups in total. The Labute approximate surface area is 136 Å². The first kappa shape index (κ1) is 16.6. The van der Waals surface area contributed by atoms with Crippen molar-refractivity contribution in [2.24, 2.45) is 5.41 Å². The second-order valence-corrected chi connectivity index (χ2v) is 6.75. The summed E-state index contributed by atoms with van der Waals surface area (Å²) in [7, 11) is 0. The van der Waals surface area contributed by atoms with Crippen molar-refractivity contribution in [2.75, 3.05) is 5.75 Å². The van der Waals surface area contributed by atoms with E-state index in [1.807, 2.05) is 37.3 Å². The van der Waals surface area contributed by atoms with E-state index in [0.29, 0.717) is 18.6 Å². The molecule has 0 aliphatic carbocycles. The Morgan fingerprint density at radius 3 is 2.27 bits per heavy atom. The summed E-state index contributed by atoms with van der Waals surface area (Å²) >= 11 is 1.63. The fraction of sp³-hybridized carbons (Fsp3) is 0.316. The zero-order valence-electron chi connectivity index (χ0n) is 13.1. The molecule has 3 heteroatoms. The van der Waals surface area contributed by atoms with E-state index in [9.17, 15) is 9.90 Å². The second-order valence-electron chi connectivity index (χ2n) is 5.70. The molecule has 2 nitrogen and oxygen atoms in total. The minimum atomic E-state index is -0.725. The third-order valence-electron chi connectivity index (χ3n) is 4.05. The van der Waals surface area contributed by atoms with Crippen molar-refractivity contribution in [1.29, 1.82) is 0 Å². The fourth-order valence-electron chi connectivity index (χ4n) is 2.41. The summed E-state index contributed by atoms with van der Waals surface area (Å²) in [5.74, 6) is -0.130. The van der Waals surface area contributed by atoms with Gasteiger partial charge in [-0.1, -0.05) is 55.0 Å². The van der Waals surface area contributed by atoms with Crippen LogP contribution < -0.4 is 0 Å². The molecule has 116 valence electrons. The molecule has 0 saturated heterocycles. The van der Waals surface area contributed by atoms with E-state index >= 15 is 0 Å². The molecule has 0 aromatic heterocycles. The molecule has 0 bridgehead atoms. The van der Waals surface area contributed by atoms with Gasteiger partial charge in [0.25, 0.3) is 0 Å². The van der Waals surface area contributed by atoms with Crippen LogP contribution in [0.2, 0.25) is 0 Å². The van der Waals surface area contributed by atoms with Gasteiger partial charge in [-0.2, -0.15) is 0 Å². The summed E-state index contributed by atoms with van der Waals surface area (Å²) in [5, 5.41) is 9.79. The molecule has 0 aliphatic heterocycles. The molecular weight excluding hydrogens is 292 g/mol. The summed E-state index contributed by atoms with van der Waals surface area (Å²) in [4.78, 5) is 13.0. The lowest BCUT2D eigenvalue weighted by atomic mass is 9.81. The standard InChI is InChI=1S/C19H22O2S/c1-3-19(18(20)21,13-16-7-5-4-6-8-16)14-22-17-11-9-15(2)10-12-17/h4-12H,3,13-14H2,1-2H3,(H,20,21). The normalized spacial score (nSPS) is 13.5. The lowest BCUT2D eigenvalue weighted by Gasteiger charge is -2.28. The molecule has 0 spiro atoms. The topological polar surface area (TPSA) is 37.3 Å². The highest BCUT2D eigenvalue weighted by molar-refractivity contribution is 7.99. The number of hydrogen-bond acceptors (Lipinski definition) is 2. The van der Waals surface area contributed by atoms with Gasteiger partial charge in [-0.25, -0.2) is 0 Å². The number of carbonyl (C=O) groups is 1. The summed E-state index contributed by atoms with van der Waals surface area (Å²) < 4.78 is 0. The van der Waals surface area contributed by atoms with Gasteiger partial charge in [0.15, 0.2) is 0 Å². The van der Waals surface area contributed by atoms with Crippen LogP contribution in [0.1, 0.15) is 24.5 Å². The quantitative estimate of drug-likeness (QED) is 0.745. The molecule has 2 aromatic rings. The Morgan fingerprint density at radius 2 is 1.73 bits per heavy atom. The maximum atomic E-state index is 11.9. The van der Waals surface area contributed by atoms with Gasteiger partial charge >= 0.3 is 5.97 Å². The lowest BCUT2D eigenvalue weighted by Crippen LogP contribution is -2.35. The van der Waals surface area contributed by atoms with E-state index in [0.717, 1.165) is 10.5 Å². The second kappa shape index (κ2) is 7.50. The van der Waals surface area contributed by atoms with Gasteiger partial charge in [-0.15, -0.1) is 11.8 Å². The summed E-state index contributed by atoms with van der Waals surface area (Å²) in [6.07, 6.45) is 1.19. The summed E-state index contributed by atoms with van der Waals surface area (Å²) in [6, 6.07) is 18.1. The first-order chi connectivity index (χ1) is 10.6. The van der Waals surface area contributed by atoms with Crippen LogP contribution in [0.5, 0.6) is 0 Å². The highest BCUT2D eigenvalue weighted by Gasteiger charge is 2.36. The van der Waals surface area contributed by atoms with Gasteiger partial charge in [-0.3, -0.25) is 4.79 Å². The van der Waals surface area contributed by atoms with Gasteiger partial charge < -0.3 is 5.11 Å². The minimum absolute atomic E-state index is 0.568. The number of aliphatic carboxylic acids is 1. The molecular formula is C19H22O2S. The number of benzene rings is 2. The van der Waals surface area contributed by atoms with Crippen LogP contribution in [0, 0.1) is 12.3 Å². The van der Waals surface area contributed by atoms with Crippen LogP contribution >= 0.6 is 11.8 Å². The molecule has 1 atom stereocenters. The van der Waals surface area contributed by atoms with Crippen molar-refractivity contribution in [3.63, 3.8) is 0 Å². The number of rotatable bonds is 7. The molecule has 0 aliphatic rings. The molecule has 2 rings (SSSR count). The number of hydrogen-bond donors (Lipinski definition) is 1. The summed E-state index contributed by atoms with van der Waals surface area (Å²) in [6.45, 7) is 4.02. The lowest BCUT2D eigenvalue weighted by molar-refractivity contribution is -0.147. The van der Waals surface area contributed by atoms with Crippen molar-refractivity contribution in [3.05, 3.63) is 65.7 Å². The maximum absolute atomic E-state index is 11.9. The van der Waals surface area contributed by atoms with E-state index < -0.39 is 11.4 Å². The minimum Gasteiger partial charge on any atom is -0.481 e. The molecule has 0 fully saturated rings. The first-order valence-electron chi connectivity index (χ1n) is 7.52. The van der Waals surface area contributed by atoms with Crippen molar-refractivity contribution in [1.82, 2.24) is 0 Å². The highest BCUT2D eigenvalue weighted by atomic mass is 32.2. The zero-order chi connectivity index (χ0) is 16.0. The number of thioether (sulfide) groups is 1. The highest BCUT2D eigenvalue weighted by Crippen LogP contribution is 2.34. The van der Waals surface area contributed by atoms with Gasteiger partial charge in [0.2, 0.25) is 0 Å². The Balaban J connectivity index is 2.14. The predicted molar refractivity (Wildman–Crippen MR) is 92.4 cm³/mol. The van der Waals surface area contributed by atoms with Crippen molar-refractivity contribution in [3.8, 4) is 0 Å². The zero-order valence-corrected chi connectivity index (χ0v) is 13.9. The fourth-order valence-corrected chi connectivity index (χ4v) is 3.61. The van der Waals surface area contributed by atoms with E-state index in [-0.39, 0.29) is 0 Å². The molecule has 0 amide bonds.